The van der Waals surface area contributed by atoms with E-state index in [1.165, 1.54) is 24.2 Å². The van der Waals surface area contributed by atoms with Gasteiger partial charge in [-0.05, 0) is 43.7 Å². The van der Waals surface area contributed by atoms with Gasteiger partial charge in [0.2, 0.25) is 10.0 Å². The van der Waals surface area contributed by atoms with Gasteiger partial charge in [0.15, 0.2) is 0 Å². The highest BCUT2D eigenvalue weighted by atomic mass is 79.9. The summed E-state index contributed by atoms with van der Waals surface area (Å²) in [7, 11) is -3.31. The van der Waals surface area contributed by atoms with Crippen LogP contribution in [-0.2, 0) is 16.4 Å². The van der Waals surface area contributed by atoms with E-state index in [9.17, 15) is 8.42 Å². The Bertz CT molecular complexity index is 512. The molecule has 108 valence electrons. The van der Waals surface area contributed by atoms with E-state index in [-0.39, 0.29) is 0 Å². The van der Waals surface area contributed by atoms with E-state index in [2.05, 4.69) is 20.7 Å². The minimum absolute atomic E-state index is 0.440. The van der Waals surface area contributed by atoms with Gasteiger partial charge < -0.3 is 0 Å². The predicted octanol–water partition coefficient (Wildman–Crippen LogP) is 3.54. The smallest absolute Gasteiger partial charge is 0.210 e. The van der Waals surface area contributed by atoms with Crippen molar-refractivity contribution in [3.05, 3.63) is 17.0 Å². The summed E-state index contributed by atoms with van der Waals surface area (Å²) >= 11 is 5.00. The van der Waals surface area contributed by atoms with Crippen LogP contribution in [0.5, 0.6) is 0 Å². The fraction of sp³-hybridized carbons (Fsp3) is 0.692. The molecule has 1 heterocycles. The first-order valence-corrected chi connectivity index (χ1v) is 9.95. The molecule has 2 unspecified atom stereocenters. The maximum atomic E-state index is 12.2. The topological polar surface area (TPSA) is 46.2 Å². The highest BCUT2D eigenvalue weighted by Gasteiger charge is 2.23. The van der Waals surface area contributed by atoms with Crippen molar-refractivity contribution in [1.29, 1.82) is 0 Å². The van der Waals surface area contributed by atoms with E-state index in [1.807, 2.05) is 13.0 Å². The van der Waals surface area contributed by atoms with Gasteiger partial charge in [0, 0.05) is 16.2 Å². The molecule has 1 saturated carbocycles. The number of thiophene rings is 1. The Balaban J connectivity index is 1.93. The van der Waals surface area contributed by atoms with E-state index in [0.717, 1.165) is 24.1 Å². The van der Waals surface area contributed by atoms with Crippen LogP contribution in [0.2, 0.25) is 0 Å². The molecule has 2 rings (SSSR count). The number of sulfonamides is 1. The lowest BCUT2D eigenvalue weighted by molar-refractivity contribution is 0.368. The lowest BCUT2D eigenvalue weighted by Crippen LogP contribution is -2.31. The van der Waals surface area contributed by atoms with Crippen LogP contribution in [0.3, 0.4) is 0 Å². The van der Waals surface area contributed by atoms with Gasteiger partial charge >= 0.3 is 0 Å². The molecule has 3 nitrogen and oxygen atoms in total. The van der Waals surface area contributed by atoms with Crippen LogP contribution in [0.15, 0.2) is 16.3 Å². The Kier molecular flexibility index (Phi) is 5.45. The Hall–Kier alpha value is 0.0900. The van der Waals surface area contributed by atoms with Crippen molar-refractivity contribution in [3.63, 3.8) is 0 Å². The predicted molar refractivity (Wildman–Crippen MR) is 83.6 cm³/mol. The number of aryl methyl sites for hydroxylation is 1. The molecule has 0 saturated heterocycles. The maximum Gasteiger partial charge on any atom is 0.250 e. The third-order valence-electron chi connectivity index (χ3n) is 3.53. The summed E-state index contributed by atoms with van der Waals surface area (Å²) in [5.74, 6) is 0.457. The first kappa shape index (κ1) is 15.5. The van der Waals surface area contributed by atoms with Gasteiger partial charge in [0.05, 0.1) is 0 Å². The summed E-state index contributed by atoms with van der Waals surface area (Å²) in [5.41, 5.74) is 0. The minimum Gasteiger partial charge on any atom is -0.210 e. The zero-order chi connectivity index (χ0) is 13.9. The molecular weight excluding hydrogens is 346 g/mol. The lowest BCUT2D eigenvalue weighted by atomic mass is 9.89. The third-order valence-corrected chi connectivity index (χ3v) is 7.51. The van der Waals surface area contributed by atoms with E-state index < -0.39 is 10.0 Å². The highest BCUT2D eigenvalue weighted by molar-refractivity contribution is 9.09. The number of hydrogen-bond donors (Lipinski definition) is 1. The largest absolute Gasteiger partial charge is 0.250 e. The second kappa shape index (κ2) is 6.70. The first-order valence-electron chi connectivity index (χ1n) is 6.73. The second-order valence-electron chi connectivity index (χ2n) is 5.06. The average molecular weight is 366 g/mol. The van der Waals surface area contributed by atoms with Gasteiger partial charge in [-0.15, -0.1) is 11.3 Å². The average Bonchev–Trinajstić information content (AvgIpc) is 2.86. The SMILES string of the molecule is CCc1ccc(S(=O)(=O)NCC2CCCC(Br)C2)s1. The Labute approximate surface area is 128 Å². The third kappa shape index (κ3) is 4.28. The normalized spacial score (nSPS) is 24.5. The molecule has 1 aromatic rings. The summed E-state index contributed by atoms with van der Waals surface area (Å²) in [6.07, 6.45) is 5.45. The molecule has 2 atom stereocenters. The Morgan fingerprint density at radius 1 is 1.42 bits per heavy atom. The van der Waals surface area contributed by atoms with Crippen molar-refractivity contribution in [3.8, 4) is 0 Å². The van der Waals surface area contributed by atoms with Crippen molar-refractivity contribution in [2.75, 3.05) is 6.54 Å². The van der Waals surface area contributed by atoms with Crippen molar-refractivity contribution >= 4 is 37.3 Å². The fourth-order valence-electron chi connectivity index (χ4n) is 2.40. The molecule has 0 spiro atoms. The molecular formula is C13H20BrNO2S2. The van der Waals surface area contributed by atoms with E-state index >= 15 is 0 Å². The standard InChI is InChI=1S/C13H20BrNO2S2/c1-2-12-6-7-13(18-12)19(16,17)15-9-10-4-3-5-11(14)8-10/h6-7,10-11,15H,2-5,8-9H2,1H3. The van der Waals surface area contributed by atoms with Crippen LogP contribution in [0.25, 0.3) is 0 Å². The number of alkyl halides is 1. The van der Waals surface area contributed by atoms with Gasteiger partial charge in [-0.3, -0.25) is 0 Å². The van der Waals surface area contributed by atoms with Crippen LogP contribution in [0, 0.1) is 5.92 Å². The van der Waals surface area contributed by atoms with E-state index in [0.29, 0.717) is 21.5 Å². The van der Waals surface area contributed by atoms with Gasteiger partial charge in [0.25, 0.3) is 0 Å². The zero-order valence-corrected chi connectivity index (χ0v) is 14.3. The van der Waals surface area contributed by atoms with Crippen molar-refractivity contribution in [2.45, 2.75) is 48.1 Å². The summed E-state index contributed by atoms with van der Waals surface area (Å²) in [5, 5.41) is 0. The van der Waals surface area contributed by atoms with Gasteiger partial charge in [-0.1, -0.05) is 29.3 Å². The van der Waals surface area contributed by atoms with Gasteiger partial charge in [0.1, 0.15) is 4.21 Å². The number of hydrogen-bond acceptors (Lipinski definition) is 3. The summed E-state index contributed by atoms with van der Waals surface area (Å²) < 4.78 is 27.6. The molecule has 0 radical (unpaired) electrons. The van der Waals surface area contributed by atoms with Gasteiger partial charge in [-0.2, -0.15) is 0 Å². The van der Waals surface area contributed by atoms with Crippen LogP contribution in [0.4, 0.5) is 0 Å². The highest BCUT2D eigenvalue weighted by Crippen LogP contribution is 2.29. The molecule has 6 heteroatoms. The van der Waals surface area contributed by atoms with Crippen LogP contribution in [-0.4, -0.2) is 19.8 Å². The van der Waals surface area contributed by atoms with Crippen LogP contribution in [0.1, 0.15) is 37.5 Å². The van der Waals surface area contributed by atoms with Crippen LogP contribution >= 0.6 is 27.3 Å². The molecule has 1 N–H and O–H groups in total. The number of nitrogens with one attached hydrogen (secondary N) is 1. The van der Waals surface area contributed by atoms with Crippen LogP contribution < -0.4 is 4.72 Å². The quantitative estimate of drug-likeness (QED) is 0.811. The summed E-state index contributed by atoms with van der Waals surface area (Å²) in [6, 6.07) is 3.61. The molecule has 19 heavy (non-hydrogen) atoms. The minimum atomic E-state index is -3.31. The molecule has 0 aliphatic heterocycles. The molecule has 0 aromatic carbocycles. The fourth-order valence-corrected chi connectivity index (χ4v) is 5.71. The number of rotatable bonds is 5. The molecule has 1 aliphatic carbocycles. The Morgan fingerprint density at radius 3 is 2.84 bits per heavy atom. The lowest BCUT2D eigenvalue weighted by Gasteiger charge is -2.25. The molecule has 1 fully saturated rings. The van der Waals surface area contributed by atoms with E-state index in [4.69, 9.17) is 0 Å². The molecule has 0 amide bonds. The summed E-state index contributed by atoms with van der Waals surface area (Å²) in [4.78, 5) is 1.66. The number of halogens is 1. The van der Waals surface area contributed by atoms with Crippen molar-refractivity contribution in [1.82, 2.24) is 4.72 Å². The van der Waals surface area contributed by atoms with Gasteiger partial charge in [-0.25, -0.2) is 13.1 Å². The zero-order valence-electron chi connectivity index (χ0n) is 11.1. The first-order chi connectivity index (χ1) is 9.01. The van der Waals surface area contributed by atoms with Crippen molar-refractivity contribution < 1.29 is 8.42 Å². The Morgan fingerprint density at radius 2 is 2.21 bits per heavy atom. The molecule has 1 aromatic heterocycles. The molecule has 1 aliphatic rings. The van der Waals surface area contributed by atoms with Crippen molar-refractivity contribution in [2.24, 2.45) is 5.92 Å². The van der Waals surface area contributed by atoms with E-state index in [1.54, 1.807) is 6.07 Å². The maximum absolute atomic E-state index is 12.2. The monoisotopic (exact) mass is 365 g/mol. The second-order valence-corrected chi connectivity index (χ2v) is 9.51. The molecule has 0 bridgehead atoms. The summed E-state index contributed by atoms with van der Waals surface area (Å²) in [6.45, 7) is 2.59.